The van der Waals surface area contributed by atoms with Gasteiger partial charge in [0.2, 0.25) is 11.6 Å². The summed E-state index contributed by atoms with van der Waals surface area (Å²) in [6, 6.07) is 13.3. The average molecular weight is 668 g/mol. The number of hydrogen-bond acceptors (Lipinski definition) is 8. The molecule has 1 N–H and O–H groups in total. The van der Waals surface area contributed by atoms with Gasteiger partial charge in [0.15, 0.2) is 28.1 Å². The molecule has 0 bridgehead atoms. The van der Waals surface area contributed by atoms with E-state index in [1.165, 1.54) is 0 Å². The second-order valence-corrected chi connectivity index (χ2v) is 12.6. The first-order valence-corrected chi connectivity index (χ1v) is 15.7. The number of fused-ring (bicyclic) bond motifs is 2. The van der Waals surface area contributed by atoms with E-state index in [9.17, 15) is 34.8 Å². The number of benzene rings is 3. The van der Waals surface area contributed by atoms with Gasteiger partial charge in [0.1, 0.15) is 6.61 Å². The topological polar surface area (TPSA) is 96.9 Å². The molecule has 4 aromatic rings. The number of likely N-dealkylation sites (N-methyl/N-ethyl adjacent to an activating group) is 1. The van der Waals surface area contributed by atoms with Crippen LogP contribution in [0.1, 0.15) is 24.1 Å². The first-order valence-electron chi connectivity index (χ1n) is 14.2. The highest BCUT2D eigenvalue weighted by Gasteiger charge is 2.37. The third kappa shape index (κ3) is 5.98. The summed E-state index contributed by atoms with van der Waals surface area (Å²) in [4.78, 5) is 10.8. The highest BCUT2D eigenvalue weighted by Crippen LogP contribution is 2.38. The first-order chi connectivity index (χ1) is 21.9. The van der Waals surface area contributed by atoms with Crippen LogP contribution in [0.25, 0.3) is 10.8 Å². The largest absolute Gasteiger partial charge is 0.462 e. The van der Waals surface area contributed by atoms with E-state index in [4.69, 9.17) is 4.74 Å². The molecular formula is C30H27F6N5O4S. The molecule has 0 radical (unpaired) electrons. The summed E-state index contributed by atoms with van der Waals surface area (Å²) in [6.45, 7) is -2.38. The molecule has 9 nitrogen and oxygen atoms in total. The lowest BCUT2D eigenvalue weighted by atomic mass is 10.0. The second kappa shape index (κ2) is 12.5. The van der Waals surface area contributed by atoms with Gasteiger partial charge in [0.05, 0.1) is 12.2 Å². The third-order valence-corrected chi connectivity index (χ3v) is 9.48. The van der Waals surface area contributed by atoms with Gasteiger partial charge in [0.25, 0.3) is 10.0 Å². The van der Waals surface area contributed by atoms with Crippen molar-refractivity contribution in [3.05, 3.63) is 77.0 Å². The van der Waals surface area contributed by atoms with E-state index >= 15 is 0 Å². The Labute approximate surface area is 259 Å². The molecule has 3 aromatic carbocycles. The highest BCUT2D eigenvalue weighted by atomic mass is 32.2. The number of sulfonamides is 1. The molecule has 244 valence electrons. The molecule has 0 amide bonds. The van der Waals surface area contributed by atoms with Gasteiger partial charge in [-0.1, -0.05) is 36.4 Å². The number of ether oxygens (including phenoxy) is 2. The molecule has 0 spiro atoms. The number of likely N-dealkylation sites (tertiary alicyclic amines) is 1. The maximum atomic E-state index is 14.9. The number of hydrogen-bond donors (Lipinski definition) is 1. The van der Waals surface area contributed by atoms with Crippen LogP contribution in [0.3, 0.4) is 0 Å². The fourth-order valence-corrected chi connectivity index (χ4v) is 7.04. The fraction of sp³-hybridized carbons (Fsp3) is 0.333. The summed E-state index contributed by atoms with van der Waals surface area (Å²) < 4.78 is 122. The van der Waals surface area contributed by atoms with Gasteiger partial charge in [-0.3, -0.25) is 4.72 Å². The summed E-state index contributed by atoms with van der Waals surface area (Å²) in [6.07, 6.45) is 1.93. The van der Waals surface area contributed by atoms with Crippen LogP contribution >= 0.6 is 0 Å². The fourth-order valence-electron chi connectivity index (χ4n) is 5.81. The Morgan fingerprint density at radius 2 is 1.72 bits per heavy atom. The molecule has 0 unspecified atom stereocenters. The number of aromatic nitrogens is 2. The van der Waals surface area contributed by atoms with E-state index < -0.39 is 56.4 Å². The van der Waals surface area contributed by atoms with Crippen LogP contribution < -0.4 is 19.1 Å². The maximum absolute atomic E-state index is 14.9. The number of nitrogens with one attached hydrogen (secondary N) is 1. The zero-order valence-corrected chi connectivity index (χ0v) is 25.1. The van der Waals surface area contributed by atoms with Crippen molar-refractivity contribution < 1.29 is 44.2 Å². The Kier molecular flexibility index (Phi) is 8.58. The van der Waals surface area contributed by atoms with E-state index in [1.54, 1.807) is 0 Å². The lowest BCUT2D eigenvalue weighted by molar-refractivity contribution is -0.0551. The highest BCUT2D eigenvalue weighted by molar-refractivity contribution is 7.92. The van der Waals surface area contributed by atoms with Crippen molar-refractivity contribution in [1.29, 1.82) is 0 Å². The molecule has 6 rings (SSSR count). The first kappa shape index (κ1) is 31.7. The lowest BCUT2D eigenvalue weighted by Crippen LogP contribution is -2.33. The molecule has 0 aliphatic carbocycles. The van der Waals surface area contributed by atoms with Gasteiger partial charge in [-0.15, -0.1) is 0 Å². The Balaban J connectivity index is 1.41. The van der Waals surface area contributed by atoms with Crippen molar-refractivity contribution in [2.24, 2.45) is 0 Å². The molecular weight excluding hydrogens is 640 g/mol. The lowest BCUT2D eigenvalue weighted by Gasteiger charge is -2.32. The van der Waals surface area contributed by atoms with Crippen LogP contribution in [0.2, 0.25) is 0 Å². The van der Waals surface area contributed by atoms with Gasteiger partial charge in [0, 0.05) is 29.2 Å². The summed E-state index contributed by atoms with van der Waals surface area (Å²) >= 11 is 0. The standard InChI is InChI=1S/C30H27F6N5O4S/c1-40-12-5-8-17(40)15-44-30-37-20-14-41(21-10-4-7-16-6-2-3-9-18(16)21)13-11-19(20)28(38-30)39-46(42,43)27-25(34)23(32)22(31)24(33)26(27)45-29(35)36/h2-4,6-7,9-10,17,29H,5,8,11-15H2,1H3,(H,37,38,39)/t17-/m0/s1. The van der Waals surface area contributed by atoms with E-state index in [0.717, 1.165) is 35.8 Å². The SMILES string of the molecule is CN1CCC[C@H]1COc1nc2c(c(NS(=O)(=O)c3c(F)c(F)c(F)c(F)c3OC(F)F)n1)CCN(c1cccc3ccccc13)C2. The monoisotopic (exact) mass is 667 g/mol. The van der Waals surface area contributed by atoms with Crippen molar-refractivity contribution in [3.63, 3.8) is 0 Å². The zero-order valence-electron chi connectivity index (χ0n) is 24.2. The molecule has 1 fully saturated rings. The Hall–Kier alpha value is -4.31. The van der Waals surface area contributed by atoms with Crippen LogP contribution in [0, 0.1) is 23.3 Å². The van der Waals surface area contributed by atoms with Crippen LogP contribution in [-0.4, -0.2) is 62.7 Å². The third-order valence-electron chi connectivity index (χ3n) is 8.12. The Morgan fingerprint density at radius 1 is 0.978 bits per heavy atom. The van der Waals surface area contributed by atoms with Gasteiger partial charge in [-0.25, -0.2) is 21.6 Å². The minimum atomic E-state index is -5.46. The van der Waals surface area contributed by atoms with Gasteiger partial charge in [-0.2, -0.15) is 23.1 Å². The Bertz CT molecular complexity index is 1910. The predicted octanol–water partition coefficient (Wildman–Crippen LogP) is 5.62. The zero-order chi connectivity index (χ0) is 32.7. The quantitative estimate of drug-likeness (QED) is 0.140. The van der Waals surface area contributed by atoms with Crippen LogP contribution in [0.15, 0.2) is 47.4 Å². The molecule has 0 saturated carbocycles. The number of rotatable bonds is 9. The van der Waals surface area contributed by atoms with Crippen LogP contribution in [0.4, 0.5) is 37.8 Å². The summed E-state index contributed by atoms with van der Waals surface area (Å²) in [5.74, 6) is -12.4. The van der Waals surface area contributed by atoms with E-state index in [-0.39, 0.29) is 37.2 Å². The normalized spacial score (nSPS) is 17.0. The minimum Gasteiger partial charge on any atom is -0.462 e. The summed E-state index contributed by atoms with van der Waals surface area (Å²) in [5.41, 5.74) is 1.47. The Morgan fingerprint density at radius 3 is 2.46 bits per heavy atom. The number of alkyl halides is 2. The van der Waals surface area contributed by atoms with Crippen molar-refractivity contribution in [2.45, 2.75) is 43.4 Å². The molecule has 2 aliphatic rings. The van der Waals surface area contributed by atoms with Crippen molar-refractivity contribution in [3.8, 4) is 11.8 Å². The molecule has 1 aromatic heterocycles. The second-order valence-electron chi connectivity index (χ2n) is 10.9. The number of nitrogens with zero attached hydrogens (tertiary/aromatic N) is 4. The molecule has 1 atom stereocenters. The van der Waals surface area contributed by atoms with E-state index in [0.29, 0.717) is 12.2 Å². The number of halogens is 6. The van der Waals surface area contributed by atoms with E-state index in [2.05, 4.69) is 19.6 Å². The van der Waals surface area contributed by atoms with Crippen molar-refractivity contribution in [1.82, 2.24) is 14.9 Å². The van der Waals surface area contributed by atoms with E-state index in [1.807, 2.05) is 59.1 Å². The van der Waals surface area contributed by atoms with Crippen LogP contribution in [-0.2, 0) is 23.0 Å². The molecule has 16 heteroatoms. The summed E-state index contributed by atoms with van der Waals surface area (Å²) in [5, 5.41) is 1.96. The smallest absolute Gasteiger partial charge is 0.387 e. The summed E-state index contributed by atoms with van der Waals surface area (Å²) in [7, 11) is -3.54. The molecule has 3 heterocycles. The van der Waals surface area contributed by atoms with Crippen molar-refractivity contribution >= 4 is 32.3 Å². The minimum absolute atomic E-state index is 0.0280. The molecule has 2 aliphatic heterocycles. The van der Waals surface area contributed by atoms with Gasteiger partial charge < -0.3 is 19.3 Å². The van der Waals surface area contributed by atoms with Crippen LogP contribution in [0.5, 0.6) is 11.8 Å². The van der Waals surface area contributed by atoms with Gasteiger partial charge >= 0.3 is 12.6 Å². The van der Waals surface area contributed by atoms with Crippen molar-refractivity contribution in [2.75, 3.05) is 36.4 Å². The maximum Gasteiger partial charge on any atom is 0.387 e. The number of anilines is 2. The predicted molar refractivity (Wildman–Crippen MR) is 156 cm³/mol. The van der Waals surface area contributed by atoms with Gasteiger partial charge in [-0.05, 0) is 44.3 Å². The molecule has 46 heavy (non-hydrogen) atoms. The average Bonchev–Trinajstić information content (AvgIpc) is 3.44. The molecule has 1 saturated heterocycles.